The number of nitrogens with zero attached hydrogens (tertiary/aromatic N) is 1. The van der Waals surface area contributed by atoms with Crippen molar-refractivity contribution in [3.63, 3.8) is 0 Å². The van der Waals surface area contributed by atoms with Crippen LogP contribution in [-0.4, -0.2) is 36.6 Å². The van der Waals surface area contributed by atoms with E-state index in [-0.39, 0.29) is 5.54 Å². The summed E-state index contributed by atoms with van der Waals surface area (Å²) in [7, 11) is 2.33. The van der Waals surface area contributed by atoms with Gasteiger partial charge in [0.05, 0.1) is 0 Å². The lowest BCUT2D eigenvalue weighted by molar-refractivity contribution is 0.173. The first-order valence-electron chi connectivity index (χ1n) is 8.30. The Morgan fingerprint density at radius 2 is 1.95 bits per heavy atom. The van der Waals surface area contributed by atoms with Crippen molar-refractivity contribution in [2.24, 2.45) is 17.8 Å². The molecule has 0 aromatic carbocycles. The normalized spacial score (nSPS) is 32.2. The van der Waals surface area contributed by atoms with E-state index in [1.165, 1.54) is 32.2 Å². The van der Waals surface area contributed by atoms with Crippen LogP contribution in [0, 0.1) is 17.8 Å². The minimum atomic E-state index is 0.253. The van der Waals surface area contributed by atoms with Crippen LogP contribution in [0.1, 0.15) is 59.8 Å². The summed E-state index contributed by atoms with van der Waals surface area (Å²) < 4.78 is 0. The molecule has 0 amide bonds. The summed E-state index contributed by atoms with van der Waals surface area (Å²) in [6.45, 7) is 11.6. The maximum absolute atomic E-state index is 3.60. The monoisotopic (exact) mass is 266 g/mol. The Bertz CT molecular complexity index is 281. The summed E-state index contributed by atoms with van der Waals surface area (Å²) in [5.74, 6) is 3.15. The third-order valence-corrected chi connectivity index (χ3v) is 5.38. The molecule has 0 aromatic rings. The van der Waals surface area contributed by atoms with Gasteiger partial charge in [-0.05, 0) is 84.7 Å². The fraction of sp³-hybridized carbons (Fsp3) is 1.00. The molecule has 0 radical (unpaired) electrons. The highest BCUT2D eigenvalue weighted by molar-refractivity contribution is 4.91. The Hall–Kier alpha value is -0.0800. The quantitative estimate of drug-likeness (QED) is 0.791. The van der Waals surface area contributed by atoms with E-state index >= 15 is 0 Å². The molecule has 2 aliphatic carbocycles. The van der Waals surface area contributed by atoms with Crippen LogP contribution in [0.4, 0.5) is 0 Å². The van der Waals surface area contributed by atoms with Crippen molar-refractivity contribution in [2.45, 2.75) is 71.4 Å². The lowest BCUT2D eigenvalue weighted by Gasteiger charge is -2.32. The molecule has 0 aliphatic heterocycles. The second-order valence-corrected chi connectivity index (χ2v) is 8.19. The molecule has 2 fully saturated rings. The third kappa shape index (κ3) is 4.46. The highest BCUT2D eigenvalue weighted by atomic mass is 15.1. The van der Waals surface area contributed by atoms with Gasteiger partial charge in [-0.3, -0.25) is 0 Å². The number of hydrogen-bond acceptors (Lipinski definition) is 2. The Morgan fingerprint density at radius 1 is 1.21 bits per heavy atom. The lowest BCUT2D eigenvalue weighted by atomic mass is 9.88. The summed E-state index contributed by atoms with van der Waals surface area (Å²) in [6, 6.07) is 0.703. The van der Waals surface area contributed by atoms with Crippen LogP contribution in [0.5, 0.6) is 0 Å². The predicted octanol–water partition coefficient (Wildman–Crippen LogP) is 3.52. The van der Waals surface area contributed by atoms with Crippen molar-refractivity contribution in [3.05, 3.63) is 0 Å². The molecule has 2 saturated carbocycles. The first-order chi connectivity index (χ1) is 8.85. The van der Waals surface area contributed by atoms with Crippen molar-refractivity contribution in [1.29, 1.82) is 0 Å². The topological polar surface area (TPSA) is 15.3 Å². The highest BCUT2D eigenvalue weighted by Crippen LogP contribution is 2.48. The first kappa shape index (κ1) is 15.3. The zero-order valence-corrected chi connectivity index (χ0v) is 13.7. The predicted molar refractivity (Wildman–Crippen MR) is 83.4 cm³/mol. The molecule has 4 atom stereocenters. The van der Waals surface area contributed by atoms with Gasteiger partial charge in [0, 0.05) is 18.1 Å². The Kier molecular flexibility index (Phi) is 4.94. The summed E-state index contributed by atoms with van der Waals surface area (Å²) in [4.78, 5) is 2.61. The Labute approximate surface area is 120 Å². The van der Waals surface area contributed by atoms with Gasteiger partial charge in [-0.1, -0.05) is 6.42 Å². The van der Waals surface area contributed by atoms with E-state index in [2.05, 4.69) is 45.0 Å². The molecule has 0 aromatic heterocycles. The van der Waals surface area contributed by atoms with Gasteiger partial charge in [0.15, 0.2) is 0 Å². The summed E-state index contributed by atoms with van der Waals surface area (Å²) >= 11 is 0. The summed E-state index contributed by atoms with van der Waals surface area (Å²) in [6.07, 6.45) is 7.36. The van der Waals surface area contributed by atoms with Crippen LogP contribution in [0.15, 0.2) is 0 Å². The van der Waals surface area contributed by atoms with Crippen LogP contribution >= 0.6 is 0 Å². The van der Waals surface area contributed by atoms with Gasteiger partial charge < -0.3 is 10.2 Å². The van der Waals surface area contributed by atoms with Gasteiger partial charge in [0.25, 0.3) is 0 Å². The van der Waals surface area contributed by atoms with Gasteiger partial charge in [-0.25, -0.2) is 0 Å². The molecular formula is C17H34N2. The Balaban J connectivity index is 1.66. The molecule has 2 heteroatoms. The van der Waals surface area contributed by atoms with Gasteiger partial charge in [-0.15, -0.1) is 0 Å². The minimum absolute atomic E-state index is 0.253. The van der Waals surface area contributed by atoms with E-state index in [0.717, 1.165) is 24.3 Å². The summed E-state index contributed by atoms with van der Waals surface area (Å²) in [5, 5.41) is 3.60. The second kappa shape index (κ2) is 6.13. The molecule has 4 unspecified atom stereocenters. The van der Waals surface area contributed by atoms with Crippen molar-refractivity contribution in [1.82, 2.24) is 10.2 Å². The van der Waals surface area contributed by atoms with E-state index in [4.69, 9.17) is 0 Å². The number of hydrogen-bond donors (Lipinski definition) is 1. The first-order valence-corrected chi connectivity index (χ1v) is 8.30. The molecule has 0 heterocycles. The van der Waals surface area contributed by atoms with Gasteiger partial charge in [-0.2, -0.15) is 0 Å². The summed E-state index contributed by atoms with van der Waals surface area (Å²) in [5.41, 5.74) is 0.253. The van der Waals surface area contributed by atoms with Gasteiger partial charge >= 0.3 is 0 Å². The number of rotatable bonds is 6. The molecule has 19 heavy (non-hydrogen) atoms. The SMILES string of the molecule is CC(CCNC(C)(C)C)N(C)CC1CC2CCC1C2. The largest absolute Gasteiger partial charge is 0.312 e. The maximum Gasteiger partial charge on any atom is 0.00965 e. The molecule has 2 aliphatic rings. The average Bonchev–Trinajstić information content (AvgIpc) is 2.88. The zero-order valence-electron chi connectivity index (χ0n) is 13.7. The standard InChI is InChI=1S/C17H34N2/c1-13(8-9-18-17(2,3)4)19(5)12-16-11-14-6-7-15(16)10-14/h13-16,18H,6-12H2,1-5H3. The fourth-order valence-electron chi connectivity index (χ4n) is 4.03. The highest BCUT2D eigenvalue weighted by Gasteiger charge is 2.39. The zero-order chi connectivity index (χ0) is 14.0. The van der Waals surface area contributed by atoms with Crippen LogP contribution in [0.3, 0.4) is 0 Å². The average molecular weight is 266 g/mol. The molecule has 0 spiro atoms. The van der Waals surface area contributed by atoms with Gasteiger partial charge in [0.1, 0.15) is 0 Å². The van der Waals surface area contributed by atoms with Crippen molar-refractivity contribution in [2.75, 3.05) is 20.1 Å². The molecule has 2 rings (SSSR count). The van der Waals surface area contributed by atoms with E-state index in [1.807, 2.05) is 0 Å². The van der Waals surface area contributed by atoms with Crippen molar-refractivity contribution in [3.8, 4) is 0 Å². The maximum atomic E-state index is 3.60. The molecular weight excluding hydrogens is 232 g/mol. The van der Waals surface area contributed by atoms with Crippen molar-refractivity contribution < 1.29 is 0 Å². The van der Waals surface area contributed by atoms with E-state index in [9.17, 15) is 0 Å². The minimum Gasteiger partial charge on any atom is -0.312 e. The second-order valence-electron chi connectivity index (χ2n) is 8.19. The van der Waals surface area contributed by atoms with Crippen molar-refractivity contribution >= 4 is 0 Å². The molecule has 2 bridgehead atoms. The molecule has 112 valence electrons. The van der Waals surface area contributed by atoms with E-state index in [0.29, 0.717) is 6.04 Å². The molecule has 0 saturated heterocycles. The number of nitrogens with one attached hydrogen (secondary N) is 1. The van der Waals surface area contributed by atoms with Crippen LogP contribution in [0.25, 0.3) is 0 Å². The van der Waals surface area contributed by atoms with Crippen LogP contribution in [0.2, 0.25) is 0 Å². The van der Waals surface area contributed by atoms with E-state index < -0.39 is 0 Å². The van der Waals surface area contributed by atoms with Crippen LogP contribution < -0.4 is 5.32 Å². The van der Waals surface area contributed by atoms with Gasteiger partial charge in [0.2, 0.25) is 0 Å². The smallest absolute Gasteiger partial charge is 0.00965 e. The number of fused-ring (bicyclic) bond motifs is 2. The van der Waals surface area contributed by atoms with Crippen LogP contribution in [-0.2, 0) is 0 Å². The molecule has 1 N–H and O–H groups in total. The van der Waals surface area contributed by atoms with E-state index in [1.54, 1.807) is 6.42 Å². The lowest BCUT2D eigenvalue weighted by Crippen LogP contribution is -2.41. The fourth-order valence-corrected chi connectivity index (χ4v) is 4.03. The Morgan fingerprint density at radius 3 is 2.47 bits per heavy atom. The third-order valence-electron chi connectivity index (χ3n) is 5.38. The molecule has 2 nitrogen and oxygen atoms in total.